The second-order valence-corrected chi connectivity index (χ2v) is 3.17. The molecule has 0 radical (unpaired) electrons. The summed E-state index contributed by atoms with van der Waals surface area (Å²) < 4.78 is 1.51. The van der Waals surface area contributed by atoms with Crippen molar-refractivity contribution in [3.05, 3.63) is 34.5 Å². The second-order valence-electron chi connectivity index (χ2n) is 2.61. The van der Waals surface area contributed by atoms with Crippen molar-refractivity contribution >= 4 is 21.4 Å². The van der Waals surface area contributed by atoms with Crippen LogP contribution in [0, 0.1) is 11.8 Å². The number of alkyl halides is 1. The number of rotatable bonds is 0. The maximum atomic E-state index is 11.3. The number of aromatic amines is 1. The zero-order valence-corrected chi connectivity index (χ0v) is 8.71. The summed E-state index contributed by atoms with van der Waals surface area (Å²) in [5.41, 5.74) is 1.13. The molecule has 0 aliphatic rings. The minimum atomic E-state index is -0.160. The van der Waals surface area contributed by atoms with Gasteiger partial charge in [-0.2, -0.15) is 5.10 Å². The molecule has 0 aliphatic carbocycles. The van der Waals surface area contributed by atoms with Gasteiger partial charge in [-0.3, -0.25) is 4.79 Å². The summed E-state index contributed by atoms with van der Waals surface area (Å²) >= 11 is 3.20. The molecule has 0 aliphatic heterocycles. The summed E-state index contributed by atoms with van der Waals surface area (Å²) in [5, 5.41) is 4.57. The highest BCUT2D eigenvalue weighted by Crippen LogP contribution is 2.01. The molecule has 0 saturated carbocycles. The summed E-state index contributed by atoms with van der Waals surface area (Å²) in [6, 6.07) is 1.71. The molecular weight excluding hydrogens is 246 g/mol. The standard InChI is InChI=1S/C9H6BrN3O/c10-3-1-2-7-4-8-9(14)11-6-12-13(8)5-7/h4-6H,3H2,(H,11,12,14). The van der Waals surface area contributed by atoms with E-state index in [2.05, 4.69) is 37.9 Å². The molecule has 0 fully saturated rings. The molecule has 14 heavy (non-hydrogen) atoms. The van der Waals surface area contributed by atoms with E-state index >= 15 is 0 Å². The molecule has 4 nitrogen and oxygen atoms in total. The molecule has 2 rings (SSSR count). The van der Waals surface area contributed by atoms with Crippen LogP contribution in [0.5, 0.6) is 0 Å². The van der Waals surface area contributed by atoms with Crippen molar-refractivity contribution in [2.24, 2.45) is 0 Å². The Morgan fingerprint density at radius 1 is 1.64 bits per heavy atom. The number of hydrogen-bond donors (Lipinski definition) is 1. The molecule has 2 heterocycles. The number of aromatic nitrogens is 3. The Hall–Kier alpha value is -1.54. The molecule has 0 atom stereocenters. The van der Waals surface area contributed by atoms with Gasteiger partial charge in [0, 0.05) is 11.8 Å². The highest BCUT2D eigenvalue weighted by Gasteiger charge is 2.00. The van der Waals surface area contributed by atoms with Crippen LogP contribution < -0.4 is 5.56 Å². The Kier molecular flexibility index (Phi) is 2.37. The van der Waals surface area contributed by atoms with Crippen LogP contribution in [0.1, 0.15) is 5.56 Å². The molecule has 0 amide bonds. The van der Waals surface area contributed by atoms with Crippen molar-refractivity contribution in [1.29, 1.82) is 0 Å². The predicted octanol–water partition coefficient (Wildman–Crippen LogP) is 0.769. The van der Waals surface area contributed by atoms with Gasteiger partial charge in [0.25, 0.3) is 5.56 Å². The average molecular weight is 252 g/mol. The molecule has 0 spiro atoms. The fraction of sp³-hybridized carbons (Fsp3) is 0.111. The monoisotopic (exact) mass is 251 g/mol. The largest absolute Gasteiger partial charge is 0.310 e. The lowest BCUT2D eigenvalue weighted by atomic mass is 10.3. The van der Waals surface area contributed by atoms with Crippen molar-refractivity contribution < 1.29 is 0 Å². The normalized spacial score (nSPS) is 9.79. The number of halogens is 1. The molecule has 0 unspecified atom stereocenters. The van der Waals surface area contributed by atoms with Gasteiger partial charge in [0.2, 0.25) is 0 Å². The first-order valence-electron chi connectivity index (χ1n) is 3.92. The quantitative estimate of drug-likeness (QED) is 0.556. The topological polar surface area (TPSA) is 50.2 Å². The van der Waals surface area contributed by atoms with E-state index in [4.69, 9.17) is 0 Å². The van der Waals surface area contributed by atoms with Crippen molar-refractivity contribution in [1.82, 2.24) is 14.6 Å². The van der Waals surface area contributed by atoms with Crippen molar-refractivity contribution in [2.75, 3.05) is 5.33 Å². The van der Waals surface area contributed by atoms with Gasteiger partial charge in [0.15, 0.2) is 0 Å². The van der Waals surface area contributed by atoms with Crippen LogP contribution in [0.3, 0.4) is 0 Å². The fourth-order valence-electron chi connectivity index (χ4n) is 1.14. The van der Waals surface area contributed by atoms with Gasteiger partial charge in [-0.05, 0) is 6.07 Å². The van der Waals surface area contributed by atoms with Crippen molar-refractivity contribution in [2.45, 2.75) is 0 Å². The molecule has 2 aromatic rings. The average Bonchev–Trinajstić information content (AvgIpc) is 2.59. The van der Waals surface area contributed by atoms with Crippen LogP contribution in [0.15, 0.2) is 23.4 Å². The predicted molar refractivity (Wildman–Crippen MR) is 56.5 cm³/mol. The molecular formula is C9H6BrN3O. The minimum absolute atomic E-state index is 0.160. The maximum Gasteiger partial charge on any atom is 0.275 e. The van der Waals surface area contributed by atoms with Crippen molar-refractivity contribution in [3.63, 3.8) is 0 Å². The van der Waals surface area contributed by atoms with E-state index in [0.717, 1.165) is 5.56 Å². The Balaban J connectivity index is 2.63. The second kappa shape index (κ2) is 3.68. The number of nitrogens with zero attached hydrogens (tertiary/aromatic N) is 2. The van der Waals surface area contributed by atoms with Gasteiger partial charge >= 0.3 is 0 Å². The van der Waals surface area contributed by atoms with E-state index in [1.54, 1.807) is 12.3 Å². The van der Waals surface area contributed by atoms with Crippen molar-refractivity contribution in [3.8, 4) is 11.8 Å². The third-order valence-electron chi connectivity index (χ3n) is 1.71. The Bertz CT molecular complexity index is 573. The minimum Gasteiger partial charge on any atom is -0.310 e. The van der Waals surface area contributed by atoms with E-state index in [0.29, 0.717) is 10.8 Å². The fourth-order valence-corrected chi connectivity index (χ4v) is 1.28. The molecule has 1 N–H and O–H groups in total. The van der Waals surface area contributed by atoms with Gasteiger partial charge < -0.3 is 4.98 Å². The van der Waals surface area contributed by atoms with E-state index in [1.807, 2.05) is 0 Å². The summed E-state index contributed by atoms with van der Waals surface area (Å²) in [6.07, 6.45) is 3.08. The lowest BCUT2D eigenvalue weighted by Crippen LogP contribution is -2.09. The van der Waals surface area contributed by atoms with Crippen LogP contribution in [0.2, 0.25) is 0 Å². The smallest absolute Gasteiger partial charge is 0.275 e. The first kappa shape index (κ1) is 9.03. The number of fused-ring (bicyclic) bond motifs is 1. The van der Waals surface area contributed by atoms with Gasteiger partial charge in [0.05, 0.1) is 5.33 Å². The van der Waals surface area contributed by atoms with Crippen LogP contribution in [0.4, 0.5) is 0 Å². The van der Waals surface area contributed by atoms with Crippen LogP contribution in [-0.2, 0) is 0 Å². The Labute approximate surface area is 88.1 Å². The van der Waals surface area contributed by atoms with Crippen LogP contribution in [0.25, 0.3) is 5.52 Å². The molecule has 5 heteroatoms. The molecule has 70 valence electrons. The lowest BCUT2D eigenvalue weighted by molar-refractivity contribution is 0.888. The Morgan fingerprint density at radius 3 is 3.21 bits per heavy atom. The summed E-state index contributed by atoms with van der Waals surface area (Å²) in [5.74, 6) is 5.76. The third kappa shape index (κ3) is 1.56. The Morgan fingerprint density at radius 2 is 2.50 bits per heavy atom. The zero-order valence-electron chi connectivity index (χ0n) is 7.12. The molecule has 0 saturated heterocycles. The summed E-state index contributed by atoms with van der Waals surface area (Å²) in [4.78, 5) is 13.8. The SMILES string of the molecule is O=c1[nH]cnn2cc(C#CCBr)cc12. The van der Waals surface area contributed by atoms with Gasteiger partial charge in [-0.1, -0.05) is 27.8 Å². The molecule has 2 aromatic heterocycles. The van der Waals surface area contributed by atoms with Gasteiger partial charge in [-0.25, -0.2) is 4.52 Å². The number of hydrogen-bond acceptors (Lipinski definition) is 2. The van der Waals surface area contributed by atoms with Gasteiger partial charge in [-0.15, -0.1) is 0 Å². The lowest BCUT2D eigenvalue weighted by Gasteiger charge is -1.87. The first-order chi connectivity index (χ1) is 6.81. The highest BCUT2D eigenvalue weighted by molar-refractivity contribution is 9.09. The number of nitrogens with one attached hydrogen (secondary N) is 1. The summed E-state index contributed by atoms with van der Waals surface area (Å²) in [6.45, 7) is 0. The zero-order chi connectivity index (χ0) is 9.97. The molecule has 0 aromatic carbocycles. The van der Waals surface area contributed by atoms with E-state index in [9.17, 15) is 4.79 Å². The molecule has 0 bridgehead atoms. The third-order valence-corrected chi connectivity index (χ3v) is 1.99. The van der Waals surface area contributed by atoms with E-state index in [1.165, 1.54) is 10.8 Å². The number of H-pyrrole nitrogens is 1. The van der Waals surface area contributed by atoms with Crippen LogP contribution >= 0.6 is 15.9 Å². The maximum absolute atomic E-state index is 11.3. The van der Waals surface area contributed by atoms with E-state index in [-0.39, 0.29) is 5.56 Å². The van der Waals surface area contributed by atoms with Crippen LogP contribution in [-0.4, -0.2) is 19.9 Å². The van der Waals surface area contributed by atoms with Gasteiger partial charge in [0.1, 0.15) is 11.8 Å². The first-order valence-corrected chi connectivity index (χ1v) is 5.04. The highest BCUT2D eigenvalue weighted by atomic mass is 79.9. The van der Waals surface area contributed by atoms with E-state index < -0.39 is 0 Å². The summed E-state index contributed by atoms with van der Waals surface area (Å²) in [7, 11) is 0.